The van der Waals surface area contributed by atoms with E-state index < -0.39 is 0 Å². The highest BCUT2D eigenvalue weighted by Crippen LogP contribution is 2.19. The summed E-state index contributed by atoms with van der Waals surface area (Å²) in [6.45, 7) is 5.10. The number of piperazine rings is 1. The van der Waals surface area contributed by atoms with Crippen molar-refractivity contribution in [2.24, 2.45) is 0 Å². The molecule has 2 aromatic carbocycles. The van der Waals surface area contributed by atoms with Gasteiger partial charge in [0.1, 0.15) is 5.52 Å². The molecule has 3 aromatic rings. The van der Waals surface area contributed by atoms with Gasteiger partial charge in [0.2, 0.25) is 5.91 Å². The van der Waals surface area contributed by atoms with Crippen molar-refractivity contribution in [2.45, 2.75) is 13.3 Å². The van der Waals surface area contributed by atoms with Crippen molar-refractivity contribution < 1.29 is 9.21 Å². The molecule has 25 heavy (non-hydrogen) atoms. The summed E-state index contributed by atoms with van der Waals surface area (Å²) in [6, 6.07) is 16.2. The summed E-state index contributed by atoms with van der Waals surface area (Å²) in [5.74, 6) is 0.818. The third-order valence-electron chi connectivity index (χ3n) is 4.67. The number of oxazole rings is 1. The predicted octanol–water partition coefficient (Wildman–Crippen LogP) is 3.03. The lowest BCUT2D eigenvalue weighted by Crippen LogP contribution is -2.49. The van der Waals surface area contributed by atoms with Gasteiger partial charge in [0.25, 0.3) is 0 Å². The fourth-order valence-electron chi connectivity index (χ4n) is 3.33. The highest BCUT2D eigenvalue weighted by Gasteiger charge is 2.21. The molecule has 1 fully saturated rings. The minimum absolute atomic E-state index is 0.170. The van der Waals surface area contributed by atoms with Gasteiger partial charge in [-0.2, -0.15) is 0 Å². The molecule has 128 valence electrons. The van der Waals surface area contributed by atoms with Gasteiger partial charge in [0.15, 0.2) is 11.5 Å². The lowest BCUT2D eigenvalue weighted by molar-refractivity contribution is -0.130. The number of anilines is 1. The number of aryl methyl sites for hydroxylation is 1. The zero-order valence-corrected chi connectivity index (χ0v) is 14.3. The van der Waals surface area contributed by atoms with E-state index >= 15 is 0 Å². The van der Waals surface area contributed by atoms with Crippen LogP contribution in [-0.2, 0) is 11.2 Å². The zero-order chi connectivity index (χ0) is 17.2. The smallest absolute Gasteiger partial charge is 0.227 e. The molecular formula is C20H21N3O2. The van der Waals surface area contributed by atoms with Crippen LogP contribution in [0.5, 0.6) is 0 Å². The first kappa shape index (κ1) is 15.7. The molecule has 1 aromatic heterocycles. The number of aromatic nitrogens is 1. The molecule has 0 atom stereocenters. The fraction of sp³-hybridized carbons (Fsp3) is 0.300. The second kappa shape index (κ2) is 6.59. The van der Waals surface area contributed by atoms with Crippen LogP contribution >= 0.6 is 0 Å². The first-order valence-corrected chi connectivity index (χ1v) is 8.63. The number of fused-ring (bicyclic) bond motifs is 1. The van der Waals surface area contributed by atoms with E-state index in [4.69, 9.17) is 4.42 Å². The molecule has 1 aliphatic heterocycles. The molecule has 0 radical (unpaired) electrons. The van der Waals surface area contributed by atoms with E-state index in [1.807, 2.05) is 48.2 Å². The third-order valence-corrected chi connectivity index (χ3v) is 4.67. The molecule has 1 aliphatic rings. The van der Waals surface area contributed by atoms with Gasteiger partial charge in [-0.3, -0.25) is 4.79 Å². The first-order chi connectivity index (χ1) is 12.2. The Labute approximate surface area is 146 Å². The van der Waals surface area contributed by atoms with Crippen LogP contribution in [0.25, 0.3) is 11.1 Å². The summed E-state index contributed by atoms with van der Waals surface area (Å²) >= 11 is 0. The lowest BCUT2D eigenvalue weighted by Gasteiger charge is -2.36. The Morgan fingerprint density at radius 1 is 1.08 bits per heavy atom. The van der Waals surface area contributed by atoms with Crippen molar-refractivity contribution in [2.75, 3.05) is 31.1 Å². The van der Waals surface area contributed by atoms with Crippen LogP contribution in [0, 0.1) is 6.92 Å². The van der Waals surface area contributed by atoms with Gasteiger partial charge in [-0.05, 0) is 29.8 Å². The second-order valence-corrected chi connectivity index (χ2v) is 6.42. The van der Waals surface area contributed by atoms with Gasteiger partial charge in [-0.1, -0.05) is 24.3 Å². The van der Waals surface area contributed by atoms with E-state index in [0.29, 0.717) is 12.3 Å². The summed E-state index contributed by atoms with van der Waals surface area (Å²) in [6.07, 6.45) is 0.404. The Bertz CT molecular complexity index is 880. The number of hydrogen-bond acceptors (Lipinski definition) is 4. The average Bonchev–Trinajstić information content (AvgIpc) is 3.02. The molecule has 0 aliphatic carbocycles. The number of carbonyl (C=O) groups is 1. The van der Waals surface area contributed by atoms with Crippen LogP contribution < -0.4 is 4.90 Å². The normalized spacial score (nSPS) is 14.9. The molecule has 0 N–H and O–H groups in total. The summed E-state index contributed by atoms with van der Waals surface area (Å²) in [5.41, 5.74) is 3.78. The predicted molar refractivity (Wildman–Crippen MR) is 97.7 cm³/mol. The molecule has 0 unspecified atom stereocenters. The van der Waals surface area contributed by atoms with E-state index in [2.05, 4.69) is 22.0 Å². The number of carbonyl (C=O) groups excluding carboxylic acids is 1. The molecule has 0 bridgehead atoms. The van der Waals surface area contributed by atoms with Gasteiger partial charge in [-0.25, -0.2) is 4.98 Å². The Morgan fingerprint density at radius 3 is 2.60 bits per heavy atom. The number of hydrogen-bond donors (Lipinski definition) is 0. The van der Waals surface area contributed by atoms with Crippen molar-refractivity contribution >= 4 is 22.7 Å². The topological polar surface area (TPSA) is 49.6 Å². The van der Waals surface area contributed by atoms with E-state index in [-0.39, 0.29) is 5.91 Å². The molecule has 5 nitrogen and oxygen atoms in total. The van der Waals surface area contributed by atoms with Gasteiger partial charge >= 0.3 is 0 Å². The van der Waals surface area contributed by atoms with Crippen LogP contribution in [0.2, 0.25) is 0 Å². The minimum Gasteiger partial charge on any atom is -0.441 e. The molecule has 2 heterocycles. The Kier molecular flexibility index (Phi) is 4.14. The number of para-hydroxylation sites is 1. The van der Waals surface area contributed by atoms with E-state index in [0.717, 1.165) is 42.8 Å². The summed E-state index contributed by atoms with van der Waals surface area (Å²) < 4.78 is 5.56. The van der Waals surface area contributed by atoms with Crippen LogP contribution in [0.1, 0.15) is 11.5 Å². The molecule has 4 rings (SSSR count). The third kappa shape index (κ3) is 3.36. The molecular weight excluding hydrogens is 314 g/mol. The Morgan fingerprint density at radius 2 is 1.84 bits per heavy atom. The van der Waals surface area contributed by atoms with Gasteiger partial charge in [0, 0.05) is 38.8 Å². The molecule has 0 spiro atoms. The highest BCUT2D eigenvalue weighted by molar-refractivity contribution is 5.81. The maximum atomic E-state index is 12.6. The fourth-order valence-corrected chi connectivity index (χ4v) is 3.33. The van der Waals surface area contributed by atoms with Crippen LogP contribution in [0.15, 0.2) is 52.9 Å². The zero-order valence-electron chi connectivity index (χ0n) is 14.3. The Balaban J connectivity index is 1.38. The quantitative estimate of drug-likeness (QED) is 0.738. The summed E-state index contributed by atoms with van der Waals surface area (Å²) in [4.78, 5) is 21.2. The molecule has 1 saturated heterocycles. The van der Waals surface area contributed by atoms with Crippen molar-refractivity contribution in [1.29, 1.82) is 0 Å². The van der Waals surface area contributed by atoms with Crippen molar-refractivity contribution in [3.8, 4) is 0 Å². The van der Waals surface area contributed by atoms with Crippen molar-refractivity contribution in [1.82, 2.24) is 9.88 Å². The van der Waals surface area contributed by atoms with Crippen LogP contribution in [0.4, 0.5) is 5.69 Å². The van der Waals surface area contributed by atoms with E-state index in [9.17, 15) is 4.79 Å². The van der Waals surface area contributed by atoms with E-state index in [1.165, 1.54) is 5.69 Å². The highest BCUT2D eigenvalue weighted by atomic mass is 16.3. The number of benzene rings is 2. The van der Waals surface area contributed by atoms with Crippen LogP contribution in [0.3, 0.4) is 0 Å². The largest absolute Gasteiger partial charge is 0.441 e. The first-order valence-electron chi connectivity index (χ1n) is 8.63. The maximum absolute atomic E-state index is 12.6. The lowest BCUT2D eigenvalue weighted by atomic mass is 10.1. The van der Waals surface area contributed by atoms with Gasteiger partial charge in [-0.15, -0.1) is 0 Å². The molecule has 0 saturated carbocycles. The number of rotatable bonds is 3. The average molecular weight is 335 g/mol. The molecule has 5 heteroatoms. The number of amides is 1. The SMILES string of the molecule is Cc1nc2ccc(CC(=O)N3CCN(c4ccccc4)CC3)cc2o1. The van der Waals surface area contributed by atoms with Crippen molar-refractivity contribution in [3.05, 3.63) is 60.0 Å². The summed E-state index contributed by atoms with van der Waals surface area (Å²) in [7, 11) is 0. The Hall–Kier alpha value is -2.82. The number of nitrogens with zero attached hydrogens (tertiary/aromatic N) is 3. The van der Waals surface area contributed by atoms with Gasteiger partial charge in [0.05, 0.1) is 6.42 Å². The van der Waals surface area contributed by atoms with E-state index in [1.54, 1.807) is 0 Å². The monoisotopic (exact) mass is 335 g/mol. The maximum Gasteiger partial charge on any atom is 0.227 e. The molecule has 1 amide bonds. The van der Waals surface area contributed by atoms with Crippen LogP contribution in [-0.4, -0.2) is 42.0 Å². The standard InChI is InChI=1S/C20H21N3O2/c1-15-21-18-8-7-16(13-19(18)25-15)14-20(24)23-11-9-22(10-12-23)17-5-3-2-4-6-17/h2-8,13H,9-12,14H2,1H3. The second-order valence-electron chi connectivity index (χ2n) is 6.42. The van der Waals surface area contributed by atoms with Crippen molar-refractivity contribution in [3.63, 3.8) is 0 Å². The van der Waals surface area contributed by atoms with Gasteiger partial charge < -0.3 is 14.2 Å². The minimum atomic E-state index is 0.170. The summed E-state index contributed by atoms with van der Waals surface area (Å²) in [5, 5.41) is 0.